The molecule has 0 aliphatic heterocycles. The second-order valence-electron chi connectivity index (χ2n) is 11.6. The maximum absolute atomic E-state index is 16.7. The van der Waals surface area contributed by atoms with Gasteiger partial charge in [0.25, 0.3) is 0 Å². The number of aryl methyl sites for hydroxylation is 8. The molecule has 0 saturated heterocycles. The number of hydrogen-bond acceptors (Lipinski definition) is 0. The molecule has 0 unspecified atom stereocenters. The molecule has 0 amide bonds. The Morgan fingerprint density at radius 1 is 0.275 bits per heavy atom. The molecule has 0 nitrogen and oxygen atoms in total. The highest BCUT2D eigenvalue weighted by atomic mass is 19.2. The number of halogens is 2. The Balaban J connectivity index is 2.08. The topological polar surface area (TPSA) is 0 Å². The van der Waals surface area contributed by atoms with Gasteiger partial charge in [0.15, 0.2) is 11.6 Å². The van der Waals surface area contributed by atoms with E-state index < -0.39 is 11.6 Å². The lowest BCUT2D eigenvalue weighted by Crippen LogP contribution is -2.04. The fraction of sp³-hybridized carbons (Fsp3) is 0.211. The molecule has 0 spiro atoms. The summed E-state index contributed by atoms with van der Waals surface area (Å²) in [6.07, 6.45) is 0. The molecule has 0 atom stereocenters. The van der Waals surface area contributed by atoms with Crippen LogP contribution in [0, 0.1) is 67.0 Å². The molecule has 0 fully saturated rings. The van der Waals surface area contributed by atoms with E-state index in [1.165, 1.54) is 0 Å². The van der Waals surface area contributed by atoms with Gasteiger partial charge >= 0.3 is 0 Å². The third-order valence-corrected chi connectivity index (χ3v) is 7.42. The first-order valence-electron chi connectivity index (χ1n) is 13.8. The summed E-state index contributed by atoms with van der Waals surface area (Å²) < 4.78 is 33.4. The van der Waals surface area contributed by atoms with Crippen LogP contribution in [0.3, 0.4) is 0 Å². The lowest BCUT2D eigenvalue weighted by Gasteiger charge is -2.24. The van der Waals surface area contributed by atoms with E-state index >= 15 is 8.78 Å². The van der Waals surface area contributed by atoms with Gasteiger partial charge in [0.2, 0.25) is 0 Å². The van der Waals surface area contributed by atoms with Gasteiger partial charge in [-0.05, 0) is 77.6 Å². The largest absolute Gasteiger partial charge is 0.203 e. The van der Waals surface area contributed by atoms with Crippen molar-refractivity contribution in [1.82, 2.24) is 0 Å². The van der Waals surface area contributed by atoms with Crippen LogP contribution >= 0.6 is 0 Å². The average Bonchev–Trinajstić information content (AvgIpc) is 2.82. The summed E-state index contributed by atoms with van der Waals surface area (Å²) in [5.41, 5.74) is 13.5. The van der Waals surface area contributed by atoms with Crippen LogP contribution < -0.4 is 0 Å². The highest BCUT2D eigenvalue weighted by Gasteiger charge is 2.29. The SMILES string of the molecule is Cc1cc(C)cc(-c2c(F)c(F)c(-c3cc(C)cc(C)c3)c(-c3cc(C)cc(C)c3)c2-c2cc(C)cc(C)c2)c1. The number of benzene rings is 5. The zero-order valence-corrected chi connectivity index (χ0v) is 24.7. The third-order valence-electron chi connectivity index (χ3n) is 7.42. The predicted molar refractivity (Wildman–Crippen MR) is 166 cm³/mol. The second-order valence-corrected chi connectivity index (χ2v) is 11.6. The first-order valence-corrected chi connectivity index (χ1v) is 13.8. The normalized spacial score (nSPS) is 11.2. The summed E-state index contributed by atoms with van der Waals surface area (Å²) >= 11 is 0. The van der Waals surface area contributed by atoms with E-state index in [0.717, 1.165) is 66.8 Å². The minimum Gasteiger partial charge on any atom is -0.203 e. The van der Waals surface area contributed by atoms with Crippen LogP contribution in [0.25, 0.3) is 44.5 Å². The van der Waals surface area contributed by atoms with Gasteiger partial charge in [-0.2, -0.15) is 0 Å². The van der Waals surface area contributed by atoms with Gasteiger partial charge in [-0.3, -0.25) is 0 Å². The van der Waals surface area contributed by atoms with Crippen molar-refractivity contribution in [3.8, 4) is 44.5 Å². The van der Waals surface area contributed by atoms with Crippen LogP contribution in [0.15, 0.2) is 72.8 Å². The van der Waals surface area contributed by atoms with Crippen molar-refractivity contribution in [1.29, 1.82) is 0 Å². The van der Waals surface area contributed by atoms with Crippen molar-refractivity contribution < 1.29 is 8.78 Å². The monoisotopic (exact) mass is 530 g/mol. The fourth-order valence-electron chi connectivity index (χ4n) is 6.28. The van der Waals surface area contributed by atoms with Gasteiger partial charge in [0.05, 0.1) is 0 Å². The number of rotatable bonds is 4. The average molecular weight is 531 g/mol. The van der Waals surface area contributed by atoms with Gasteiger partial charge < -0.3 is 0 Å². The molecule has 0 heterocycles. The van der Waals surface area contributed by atoms with Crippen LogP contribution in [0.2, 0.25) is 0 Å². The van der Waals surface area contributed by atoms with E-state index in [4.69, 9.17) is 0 Å². The zero-order chi connectivity index (χ0) is 28.9. The first-order chi connectivity index (χ1) is 18.9. The minimum atomic E-state index is -0.818. The molecule has 5 aromatic rings. The third kappa shape index (κ3) is 5.23. The molecule has 0 aliphatic rings. The van der Waals surface area contributed by atoms with Crippen LogP contribution in [-0.2, 0) is 0 Å². The molecule has 0 aromatic heterocycles. The van der Waals surface area contributed by atoms with E-state index in [9.17, 15) is 0 Å². The lowest BCUT2D eigenvalue weighted by atomic mass is 9.80. The van der Waals surface area contributed by atoms with Gasteiger partial charge in [0.1, 0.15) is 0 Å². The van der Waals surface area contributed by atoms with E-state index in [2.05, 4.69) is 48.5 Å². The van der Waals surface area contributed by atoms with Crippen molar-refractivity contribution in [2.75, 3.05) is 0 Å². The second kappa shape index (κ2) is 10.5. The van der Waals surface area contributed by atoms with E-state index in [0.29, 0.717) is 22.3 Å². The molecule has 0 N–H and O–H groups in total. The Morgan fingerprint density at radius 3 is 0.650 bits per heavy atom. The maximum Gasteiger partial charge on any atom is 0.167 e. The van der Waals surface area contributed by atoms with Gasteiger partial charge in [0, 0.05) is 22.3 Å². The molecule has 40 heavy (non-hydrogen) atoms. The molecule has 0 saturated carbocycles. The Bertz CT molecular complexity index is 1580. The lowest BCUT2D eigenvalue weighted by molar-refractivity contribution is 0.514. The zero-order valence-electron chi connectivity index (χ0n) is 24.7. The van der Waals surface area contributed by atoms with Crippen molar-refractivity contribution in [3.05, 3.63) is 129 Å². The first kappa shape index (κ1) is 27.5. The Morgan fingerprint density at radius 2 is 0.450 bits per heavy atom. The molecular formula is C38H36F2. The molecule has 0 bridgehead atoms. The predicted octanol–water partition coefficient (Wildman–Crippen LogP) is 11.1. The van der Waals surface area contributed by atoms with Gasteiger partial charge in [-0.1, -0.05) is 117 Å². The smallest absolute Gasteiger partial charge is 0.167 e. The van der Waals surface area contributed by atoms with E-state index in [1.807, 2.05) is 79.7 Å². The highest BCUT2D eigenvalue weighted by molar-refractivity contribution is 6.02. The highest BCUT2D eigenvalue weighted by Crippen LogP contribution is 2.49. The summed E-state index contributed by atoms with van der Waals surface area (Å²) in [4.78, 5) is 0. The summed E-state index contributed by atoms with van der Waals surface area (Å²) in [5.74, 6) is -1.64. The molecule has 5 aromatic carbocycles. The van der Waals surface area contributed by atoms with Gasteiger partial charge in [-0.15, -0.1) is 0 Å². The molecule has 0 radical (unpaired) electrons. The molecule has 5 rings (SSSR count). The van der Waals surface area contributed by atoms with Crippen LogP contribution in [-0.4, -0.2) is 0 Å². The van der Waals surface area contributed by atoms with Crippen LogP contribution in [0.5, 0.6) is 0 Å². The Labute approximate surface area is 237 Å². The summed E-state index contributed by atoms with van der Waals surface area (Å²) in [7, 11) is 0. The fourth-order valence-corrected chi connectivity index (χ4v) is 6.28. The molecule has 202 valence electrons. The van der Waals surface area contributed by atoms with E-state index in [-0.39, 0.29) is 0 Å². The molecular weight excluding hydrogens is 494 g/mol. The van der Waals surface area contributed by atoms with E-state index in [1.54, 1.807) is 0 Å². The Kier molecular flexibility index (Phi) is 7.23. The minimum absolute atomic E-state index is 0.302. The van der Waals surface area contributed by atoms with Crippen LogP contribution in [0.1, 0.15) is 44.5 Å². The molecule has 0 aliphatic carbocycles. The quantitative estimate of drug-likeness (QED) is 0.217. The Hall–Kier alpha value is -4.04. The van der Waals surface area contributed by atoms with Crippen molar-refractivity contribution in [2.24, 2.45) is 0 Å². The summed E-state index contributed by atoms with van der Waals surface area (Å²) in [5, 5.41) is 0. The maximum atomic E-state index is 16.7. The summed E-state index contributed by atoms with van der Waals surface area (Å²) in [6, 6.07) is 24.5. The van der Waals surface area contributed by atoms with Crippen LogP contribution in [0.4, 0.5) is 8.78 Å². The van der Waals surface area contributed by atoms with Crippen molar-refractivity contribution in [2.45, 2.75) is 55.4 Å². The molecule has 2 heteroatoms. The van der Waals surface area contributed by atoms with Crippen molar-refractivity contribution >= 4 is 0 Å². The number of hydrogen-bond donors (Lipinski definition) is 0. The summed E-state index contributed by atoms with van der Waals surface area (Å²) in [6.45, 7) is 16.2. The van der Waals surface area contributed by atoms with Crippen molar-refractivity contribution in [3.63, 3.8) is 0 Å². The van der Waals surface area contributed by atoms with Gasteiger partial charge in [-0.25, -0.2) is 8.78 Å². The standard InChI is InChI=1S/C38H36F2/c1-21-9-22(2)14-29(13-21)33-34(30-15-23(3)10-24(4)16-30)36(32-19-27(7)12-28(8)20-32)38(40)37(39)35(33)31-17-25(5)11-26(6)18-31/h9-20H,1-8H3.